The van der Waals surface area contributed by atoms with Gasteiger partial charge in [-0.25, -0.2) is 14.4 Å². The quantitative estimate of drug-likeness (QED) is 0.432. The number of nitrogens with zero attached hydrogens (tertiary/aromatic N) is 2. The van der Waals surface area contributed by atoms with Crippen molar-refractivity contribution < 1.29 is 38.6 Å². The van der Waals surface area contributed by atoms with Crippen LogP contribution in [0.3, 0.4) is 0 Å². The zero-order valence-corrected chi connectivity index (χ0v) is 26.3. The van der Waals surface area contributed by atoms with E-state index >= 15 is 0 Å². The van der Waals surface area contributed by atoms with Crippen molar-refractivity contribution in [1.82, 2.24) is 20.4 Å². The van der Waals surface area contributed by atoms with Gasteiger partial charge in [0.1, 0.15) is 29.3 Å². The van der Waals surface area contributed by atoms with E-state index in [-0.39, 0.29) is 25.3 Å². The van der Waals surface area contributed by atoms with Gasteiger partial charge in [-0.15, -0.1) is 0 Å². The van der Waals surface area contributed by atoms with Crippen LogP contribution in [0.15, 0.2) is 36.4 Å². The summed E-state index contributed by atoms with van der Waals surface area (Å²) in [7, 11) is 0. The van der Waals surface area contributed by atoms with E-state index < -0.39 is 59.3 Å². The average molecular weight is 625 g/mol. The highest BCUT2D eigenvalue weighted by molar-refractivity contribution is 5.96. The highest BCUT2D eigenvalue weighted by Gasteiger charge is 2.61. The van der Waals surface area contributed by atoms with Gasteiger partial charge in [0.2, 0.25) is 11.8 Å². The number of carboxylic acid groups (broad SMARTS) is 1. The SMILES string of the molecule is CC(C)(C)OC(=O)N[C@H]1CCCCC/C=C\[C@@H]2C[C@@]2(C(=O)O)NC(=O)[C@@H]2C[C@@H](OC(=O)N3CCc4ccccc4C3)CN2C1=O. The van der Waals surface area contributed by atoms with Gasteiger partial charge < -0.3 is 35.0 Å². The highest BCUT2D eigenvalue weighted by Crippen LogP contribution is 2.45. The molecule has 5 rings (SSSR count). The Morgan fingerprint density at radius 3 is 2.58 bits per heavy atom. The van der Waals surface area contributed by atoms with E-state index in [1.165, 1.54) is 10.5 Å². The average Bonchev–Trinajstić information content (AvgIpc) is 3.51. The number of amides is 4. The smallest absolute Gasteiger partial charge is 0.410 e. The van der Waals surface area contributed by atoms with Gasteiger partial charge in [0.05, 0.1) is 6.54 Å². The van der Waals surface area contributed by atoms with Gasteiger partial charge in [-0.2, -0.15) is 0 Å². The van der Waals surface area contributed by atoms with Crippen molar-refractivity contribution in [3.63, 3.8) is 0 Å². The Kier molecular flexibility index (Phi) is 9.41. The number of hydrogen-bond donors (Lipinski definition) is 3. The summed E-state index contributed by atoms with van der Waals surface area (Å²) in [6, 6.07) is 5.83. The van der Waals surface area contributed by atoms with Crippen LogP contribution in [0.2, 0.25) is 0 Å². The molecule has 5 atom stereocenters. The van der Waals surface area contributed by atoms with Crippen LogP contribution >= 0.6 is 0 Å². The number of rotatable bonds is 3. The van der Waals surface area contributed by atoms with Crippen molar-refractivity contribution in [2.45, 2.75) is 108 Å². The topological polar surface area (TPSA) is 155 Å². The van der Waals surface area contributed by atoms with Gasteiger partial charge in [0, 0.05) is 25.4 Å². The third kappa shape index (κ3) is 7.59. The lowest BCUT2D eigenvalue weighted by atomic mass is 10.0. The third-order valence-corrected chi connectivity index (χ3v) is 8.97. The number of alkyl carbamates (subject to hydrolysis) is 1. The van der Waals surface area contributed by atoms with Crippen LogP contribution in [0.5, 0.6) is 0 Å². The van der Waals surface area contributed by atoms with Gasteiger partial charge in [0.25, 0.3) is 0 Å². The molecule has 244 valence electrons. The first-order valence-electron chi connectivity index (χ1n) is 15.9. The molecular formula is C33H44N4O8. The summed E-state index contributed by atoms with van der Waals surface area (Å²) in [5.41, 5.74) is -0.0144. The molecule has 4 amide bonds. The number of allylic oxidation sites excluding steroid dienone is 1. The Labute approximate surface area is 263 Å². The molecule has 3 heterocycles. The summed E-state index contributed by atoms with van der Waals surface area (Å²) in [6.45, 7) is 5.98. The molecule has 0 bridgehead atoms. The van der Waals surface area contributed by atoms with Crippen LogP contribution in [0.1, 0.15) is 76.8 Å². The number of fused-ring (bicyclic) bond motifs is 3. The van der Waals surface area contributed by atoms with E-state index in [2.05, 4.69) is 10.6 Å². The first-order chi connectivity index (χ1) is 21.4. The molecule has 3 N–H and O–H groups in total. The molecule has 1 saturated carbocycles. The molecule has 0 spiro atoms. The van der Waals surface area contributed by atoms with Crippen molar-refractivity contribution in [3.05, 3.63) is 47.5 Å². The second kappa shape index (κ2) is 13.1. The van der Waals surface area contributed by atoms with Gasteiger partial charge in [0.15, 0.2) is 0 Å². The molecule has 3 aliphatic heterocycles. The number of hydrogen-bond acceptors (Lipinski definition) is 7. The largest absolute Gasteiger partial charge is 0.479 e. The Bertz CT molecular complexity index is 1360. The number of aliphatic carboxylic acids is 1. The van der Waals surface area contributed by atoms with Crippen LogP contribution in [-0.4, -0.2) is 87.3 Å². The first kappa shape index (κ1) is 32.3. The van der Waals surface area contributed by atoms with E-state index in [1.807, 2.05) is 36.4 Å². The van der Waals surface area contributed by atoms with Gasteiger partial charge >= 0.3 is 18.2 Å². The van der Waals surface area contributed by atoms with E-state index in [0.29, 0.717) is 32.4 Å². The minimum atomic E-state index is -1.45. The maximum atomic E-state index is 14.1. The Morgan fingerprint density at radius 2 is 1.84 bits per heavy atom. The van der Waals surface area contributed by atoms with Crippen molar-refractivity contribution >= 4 is 30.0 Å². The highest BCUT2D eigenvalue weighted by atomic mass is 16.6. The first-order valence-corrected chi connectivity index (χ1v) is 15.9. The zero-order chi connectivity index (χ0) is 32.4. The van der Waals surface area contributed by atoms with Crippen LogP contribution in [0.25, 0.3) is 0 Å². The third-order valence-electron chi connectivity index (χ3n) is 8.97. The number of nitrogens with one attached hydrogen (secondary N) is 2. The second-order valence-electron chi connectivity index (χ2n) is 13.5. The molecule has 1 aliphatic carbocycles. The molecule has 1 aromatic carbocycles. The maximum absolute atomic E-state index is 14.1. The fourth-order valence-corrected chi connectivity index (χ4v) is 6.47. The van der Waals surface area contributed by atoms with Gasteiger partial charge in [-0.3, -0.25) is 9.59 Å². The van der Waals surface area contributed by atoms with E-state index in [4.69, 9.17) is 9.47 Å². The minimum absolute atomic E-state index is 0.00308. The van der Waals surface area contributed by atoms with E-state index in [1.54, 1.807) is 25.7 Å². The molecule has 12 nitrogen and oxygen atoms in total. The summed E-state index contributed by atoms with van der Waals surface area (Å²) < 4.78 is 11.3. The Morgan fingerprint density at radius 1 is 1.09 bits per heavy atom. The lowest BCUT2D eigenvalue weighted by Crippen LogP contribution is -2.56. The molecule has 0 aromatic heterocycles. The Hall–Kier alpha value is -4.09. The van der Waals surface area contributed by atoms with Crippen LogP contribution < -0.4 is 10.6 Å². The fraction of sp³-hybridized carbons (Fsp3) is 0.606. The molecule has 1 aromatic rings. The molecule has 45 heavy (non-hydrogen) atoms. The molecule has 4 aliphatic rings. The molecule has 0 unspecified atom stereocenters. The second-order valence-corrected chi connectivity index (χ2v) is 13.5. The minimum Gasteiger partial charge on any atom is -0.479 e. The van der Waals surface area contributed by atoms with Crippen LogP contribution in [0.4, 0.5) is 9.59 Å². The van der Waals surface area contributed by atoms with Crippen LogP contribution in [-0.2, 0) is 36.8 Å². The summed E-state index contributed by atoms with van der Waals surface area (Å²) in [5.74, 6) is -2.62. The normalized spacial score (nSPS) is 29.5. The van der Waals surface area contributed by atoms with Gasteiger partial charge in [-0.1, -0.05) is 49.3 Å². The Balaban J connectivity index is 1.36. The number of ether oxygens (including phenoxy) is 2. The number of carbonyl (C=O) groups excluding carboxylic acids is 4. The summed E-state index contributed by atoms with van der Waals surface area (Å²) in [4.78, 5) is 69.1. The maximum Gasteiger partial charge on any atom is 0.410 e. The van der Waals surface area contributed by atoms with Crippen molar-refractivity contribution in [2.24, 2.45) is 5.92 Å². The van der Waals surface area contributed by atoms with Crippen molar-refractivity contribution in [1.29, 1.82) is 0 Å². The lowest BCUT2D eigenvalue weighted by Gasteiger charge is -2.30. The number of carboxylic acids is 1. The summed E-state index contributed by atoms with van der Waals surface area (Å²) in [5, 5.41) is 15.5. The predicted molar refractivity (Wildman–Crippen MR) is 163 cm³/mol. The number of carbonyl (C=O) groups is 5. The molecular weight excluding hydrogens is 580 g/mol. The standard InChI is InChI=1S/C33H44N4O8/c1-32(2,3)45-30(42)34-25-14-8-6-4-5-7-13-23-18-33(23,29(40)41)35-27(38)26-17-24(20-37(26)28(25)39)44-31(43)36-16-15-21-11-9-10-12-22(21)19-36/h7,9-13,23-26H,4-6,8,14-20H2,1-3H3,(H,34,42)(H,35,38)(H,40,41)/b13-7-/t23-,24-,25+,26+,33-/m1/s1. The van der Waals surface area contributed by atoms with Crippen LogP contribution in [0, 0.1) is 5.92 Å². The van der Waals surface area contributed by atoms with Crippen molar-refractivity contribution in [2.75, 3.05) is 13.1 Å². The monoisotopic (exact) mass is 624 g/mol. The molecule has 1 saturated heterocycles. The number of benzene rings is 1. The zero-order valence-electron chi connectivity index (χ0n) is 26.3. The van der Waals surface area contributed by atoms with E-state index in [0.717, 1.165) is 24.8 Å². The summed E-state index contributed by atoms with van der Waals surface area (Å²) >= 11 is 0. The van der Waals surface area contributed by atoms with E-state index in [9.17, 15) is 29.1 Å². The van der Waals surface area contributed by atoms with Crippen molar-refractivity contribution in [3.8, 4) is 0 Å². The van der Waals surface area contributed by atoms with Gasteiger partial charge in [-0.05, 0) is 64.0 Å². The lowest BCUT2D eigenvalue weighted by molar-refractivity contribution is -0.145. The predicted octanol–water partition coefficient (Wildman–Crippen LogP) is 3.52. The molecule has 12 heteroatoms. The molecule has 2 fully saturated rings. The molecule has 0 radical (unpaired) electrons. The summed E-state index contributed by atoms with van der Waals surface area (Å²) in [6.07, 6.45) is 5.97. The fourth-order valence-electron chi connectivity index (χ4n) is 6.47.